The van der Waals surface area contributed by atoms with Crippen LogP contribution in [0.15, 0.2) is 15.9 Å². The monoisotopic (exact) mass is 263 g/mol. The van der Waals surface area contributed by atoms with Gasteiger partial charge >= 0.3 is 0 Å². The first-order valence-corrected chi connectivity index (χ1v) is 5.80. The Labute approximate surface area is 91.1 Å². The van der Waals surface area contributed by atoms with Crippen molar-refractivity contribution in [2.24, 2.45) is 0 Å². The molecule has 2 N–H and O–H groups in total. The van der Waals surface area contributed by atoms with Crippen LogP contribution in [0.5, 0.6) is 0 Å². The summed E-state index contributed by atoms with van der Waals surface area (Å²) in [7, 11) is 0. The molecule has 13 heavy (non-hydrogen) atoms. The van der Waals surface area contributed by atoms with E-state index in [2.05, 4.69) is 21.2 Å². The van der Waals surface area contributed by atoms with E-state index < -0.39 is 0 Å². The number of aliphatic hydroxyl groups is 1. The molecule has 1 rings (SSSR count). The summed E-state index contributed by atoms with van der Waals surface area (Å²) in [4.78, 5) is 1.27. The number of rotatable bonds is 4. The Morgan fingerprint density at radius 2 is 2.31 bits per heavy atom. The van der Waals surface area contributed by atoms with Gasteiger partial charge in [-0.2, -0.15) is 0 Å². The average Bonchev–Trinajstić information content (AvgIpc) is 2.48. The normalized spacial score (nSPS) is 12.0. The predicted octanol–water partition coefficient (Wildman–Crippen LogP) is 2.37. The van der Waals surface area contributed by atoms with Crippen molar-refractivity contribution < 1.29 is 5.11 Å². The second kappa shape index (κ2) is 4.55. The van der Waals surface area contributed by atoms with Gasteiger partial charge in [-0.15, -0.1) is 11.3 Å². The van der Waals surface area contributed by atoms with Crippen LogP contribution in [-0.2, 0) is 6.54 Å². The molecule has 4 heteroatoms. The molecular weight excluding hydrogens is 250 g/mol. The number of hydrogen-bond acceptors (Lipinski definition) is 3. The predicted molar refractivity (Wildman–Crippen MR) is 60.0 cm³/mol. The van der Waals surface area contributed by atoms with Crippen LogP contribution in [0.2, 0.25) is 0 Å². The highest BCUT2D eigenvalue weighted by atomic mass is 79.9. The molecular formula is C9H14BrNOS. The van der Waals surface area contributed by atoms with Crippen molar-refractivity contribution >= 4 is 27.3 Å². The van der Waals surface area contributed by atoms with Gasteiger partial charge in [-0.05, 0) is 41.2 Å². The van der Waals surface area contributed by atoms with Gasteiger partial charge < -0.3 is 10.4 Å². The maximum absolute atomic E-state index is 9.02. The van der Waals surface area contributed by atoms with E-state index >= 15 is 0 Å². The van der Waals surface area contributed by atoms with Crippen LogP contribution in [0, 0.1) is 0 Å². The van der Waals surface area contributed by atoms with E-state index in [0.29, 0.717) is 0 Å². The van der Waals surface area contributed by atoms with E-state index in [1.54, 1.807) is 11.3 Å². The molecule has 1 aromatic rings. The van der Waals surface area contributed by atoms with Gasteiger partial charge in [-0.3, -0.25) is 0 Å². The fraction of sp³-hybridized carbons (Fsp3) is 0.556. The second-order valence-corrected chi connectivity index (χ2v) is 5.44. The molecule has 0 saturated carbocycles. The lowest BCUT2D eigenvalue weighted by molar-refractivity contribution is 0.187. The van der Waals surface area contributed by atoms with Gasteiger partial charge in [-0.25, -0.2) is 0 Å². The number of thiophene rings is 1. The molecule has 0 radical (unpaired) electrons. The third-order valence-corrected chi connectivity index (χ3v) is 3.74. The Kier molecular flexibility index (Phi) is 3.91. The van der Waals surface area contributed by atoms with Crippen LogP contribution in [-0.4, -0.2) is 17.3 Å². The topological polar surface area (TPSA) is 32.3 Å². The zero-order valence-electron chi connectivity index (χ0n) is 7.80. The fourth-order valence-corrected chi connectivity index (χ4v) is 2.26. The molecule has 0 amide bonds. The van der Waals surface area contributed by atoms with Crippen molar-refractivity contribution in [1.29, 1.82) is 0 Å². The quantitative estimate of drug-likeness (QED) is 0.875. The standard InChI is InChI=1S/C9H14BrNOS/c1-9(2,6-12)11-5-8-7(10)3-4-13-8/h3-4,11-12H,5-6H2,1-2H3. The minimum atomic E-state index is -0.205. The average molecular weight is 264 g/mol. The second-order valence-electron chi connectivity index (χ2n) is 3.59. The van der Waals surface area contributed by atoms with Crippen LogP contribution in [0.4, 0.5) is 0 Å². The Morgan fingerprint density at radius 3 is 2.77 bits per heavy atom. The van der Waals surface area contributed by atoms with Crippen molar-refractivity contribution in [1.82, 2.24) is 5.32 Å². The summed E-state index contributed by atoms with van der Waals surface area (Å²) in [5.74, 6) is 0. The van der Waals surface area contributed by atoms with Gasteiger partial charge in [0.2, 0.25) is 0 Å². The van der Waals surface area contributed by atoms with Crippen molar-refractivity contribution in [2.45, 2.75) is 25.9 Å². The highest BCUT2D eigenvalue weighted by Gasteiger charge is 2.15. The maximum Gasteiger partial charge on any atom is 0.0607 e. The first-order chi connectivity index (χ1) is 6.05. The summed E-state index contributed by atoms with van der Waals surface area (Å²) in [6.45, 7) is 4.91. The van der Waals surface area contributed by atoms with Gasteiger partial charge in [0.05, 0.1) is 6.61 Å². The summed E-state index contributed by atoms with van der Waals surface area (Å²) in [6.07, 6.45) is 0. The number of hydrogen-bond donors (Lipinski definition) is 2. The lowest BCUT2D eigenvalue weighted by atomic mass is 10.1. The first-order valence-electron chi connectivity index (χ1n) is 4.13. The van der Waals surface area contributed by atoms with E-state index in [-0.39, 0.29) is 12.1 Å². The molecule has 0 spiro atoms. The van der Waals surface area contributed by atoms with Crippen molar-refractivity contribution in [3.05, 3.63) is 20.8 Å². The minimum absolute atomic E-state index is 0.149. The lowest BCUT2D eigenvalue weighted by Crippen LogP contribution is -2.41. The van der Waals surface area contributed by atoms with Gasteiger partial charge in [0.15, 0.2) is 0 Å². The summed E-state index contributed by atoms with van der Waals surface area (Å²) in [5, 5.41) is 14.4. The van der Waals surface area contributed by atoms with E-state index in [4.69, 9.17) is 5.11 Å². The minimum Gasteiger partial charge on any atom is -0.394 e. The van der Waals surface area contributed by atoms with Crippen LogP contribution in [0.25, 0.3) is 0 Å². The first kappa shape index (κ1) is 11.2. The van der Waals surface area contributed by atoms with Crippen molar-refractivity contribution in [3.63, 3.8) is 0 Å². The van der Waals surface area contributed by atoms with Gasteiger partial charge in [0.1, 0.15) is 0 Å². The van der Waals surface area contributed by atoms with Crippen LogP contribution < -0.4 is 5.32 Å². The molecule has 0 saturated heterocycles. The largest absolute Gasteiger partial charge is 0.394 e. The van der Waals surface area contributed by atoms with E-state index in [1.807, 2.05) is 25.3 Å². The highest BCUT2D eigenvalue weighted by Crippen LogP contribution is 2.22. The summed E-state index contributed by atoms with van der Waals surface area (Å²) in [5.41, 5.74) is -0.205. The van der Waals surface area contributed by atoms with Crippen LogP contribution in [0.3, 0.4) is 0 Å². The van der Waals surface area contributed by atoms with E-state index in [0.717, 1.165) is 11.0 Å². The SMILES string of the molecule is CC(C)(CO)NCc1sccc1Br. The summed E-state index contributed by atoms with van der Waals surface area (Å²) in [6, 6.07) is 2.04. The van der Waals surface area contributed by atoms with Gasteiger partial charge in [0, 0.05) is 21.4 Å². The number of nitrogens with one attached hydrogen (secondary N) is 1. The molecule has 0 atom stereocenters. The molecule has 0 aliphatic heterocycles. The number of halogens is 1. The Bertz CT molecular complexity index is 272. The lowest BCUT2D eigenvalue weighted by Gasteiger charge is -2.23. The van der Waals surface area contributed by atoms with Crippen LogP contribution >= 0.6 is 27.3 Å². The Hall–Kier alpha value is 0.100. The Morgan fingerprint density at radius 1 is 1.62 bits per heavy atom. The summed E-state index contributed by atoms with van der Waals surface area (Å²) >= 11 is 5.17. The smallest absolute Gasteiger partial charge is 0.0607 e. The Balaban J connectivity index is 2.48. The zero-order valence-corrected chi connectivity index (χ0v) is 10.2. The molecule has 2 nitrogen and oxygen atoms in total. The number of aliphatic hydroxyl groups excluding tert-OH is 1. The third kappa shape index (κ3) is 3.38. The molecule has 1 heterocycles. The van der Waals surface area contributed by atoms with E-state index in [9.17, 15) is 0 Å². The molecule has 0 fully saturated rings. The third-order valence-electron chi connectivity index (χ3n) is 1.81. The zero-order chi connectivity index (χ0) is 9.90. The molecule has 0 unspecified atom stereocenters. The van der Waals surface area contributed by atoms with E-state index in [1.165, 1.54) is 4.88 Å². The van der Waals surface area contributed by atoms with Crippen molar-refractivity contribution in [2.75, 3.05) is 6.61 Å². The van der Waals surface area contributed by atoms with Crippen LogP contribution in [0.1, 0.15) is 18.7 Å². The molecule has 0 aliphatic rings. The molecule has 0 bridgehead atoms. The summed E-state index contributed by atoms with van der Waals surface area (Å²) < 4.78 is 1.14. The van der Waals surface area contributed by atoms with Gasteiger partial charge in [-0.1, -0.05) is 0 Å². The molecule has 74 valence electrons. The molecule has 0 aliphatic carbocycles. The molecule has 0 aromatic carbocycles. The fourth-order valence-electron chi connectivity index (χ4n) is 0.827. The molecule has 1 aromatic heterocycles. The highest BCUT2D eigenvalue weighted by molar-refractivity contribution is 9.10. The van der Waals surface area contributed by atoms with Gasteiger partial charge in [0.25, 0.3) is 0 Å². The maximum atomic E-state index is 9.02. The van der Waals surface area contributed by atoms with Crippen molar-refractivity contribution in [3.8, 4) is 0 Å².